The molecule has 0 amide bonds. The lowest BCUT2D eigenvalue weighted by Crippen LogP contribution is -2.30. The van der Waals surface area contributed by atoms with Crippen molar-refractivity contribution in [3.8, 4) is 11.3 Å². The Morgan fingerprint density at radius 3 is 2.75 bits per heavy atom. The number of anilines is 1. The summed E-state index contributed by atoms with van der Waals surface area (Å²) in [6.07, 6.45) is 6.93. The smallest absolute Gasteiger partial charge is 0.0650 e. The molecule has 1 aliphatic rings. The van der Waals surface area contributed by atoms with Gasteiger partial charge in [0.25, 0.3) is 0 Å². The highest BCUT2D eigenvalue weighted by atomic mass is 16.5. The van der Waals surface area contributed by atoms with Crippen molar-refractivity contribution in [3.63, 3.8) is 0 Å². The van der Waals surface area contributed by atoms with Crippen LogP contribution in [-0.2, 0) is 4.74 Å². The summed E-state index contributed by atoms with van der Waals surface area (Å²) in [7, 11) is 1.81. The summed E-state index contributed by atoms with van der Waals surface area (Å²) >= 11 is 0. The van der Waals surface area contributed by atoms with Gasteiger partial charge < -0.3 is 10.1 Å². The van der Waals surface area contributed by atoms with Crippen molar-refractivity contribution >= 4 is 5.69 Å². The highest BCUT2D eigenvalue weighted by Gasteiger charge is 2.21. The molecule has 106 valence electrons. The molecule has 2 N–H and O–H groups in total. The molecule has 0 spiro atoms. The summed E-state index contributed by atoms with van der Waals surface area (Å²) < 4.78 is 5.48. The zero-order valence-electron chi connectivity index (χ0n) is 11.8. The fourth-order valence-electron chi connectivity index (χ4n) is 2.89. The maximum Gasteiger partial charge on any atom is 0.0650 e. The number of ether oxygens (including phenoxy) is 1. The van der Waals surface area contributed by atoms with Crippen molar-refractivity contribution in [2.75, 3.05) is 12.4 Å². The van der Waals surface area contributed by atoms with Crippen LogP contribution >= 0.6 is 0 Å². The highest BCUT2D eigenvalue weighted by Crippen LogP contribution is 2.25. The van der Waals surface area contributed by atoms with E-state index >= 15 is 0 Å². The first-order valence-corrected chi connectivity index (χ1v) is 7.24. The number of H-pyrrole nitrogens is 1. The minimum atomic E-state index is 0.408. The average molecular weight is 271 g/mol. The molecular weight excluding hydrogens is 250 g/mol. The largest absolute Gasteiger partial charge is 0.382 e. The lowest BCUT2D eigenvalue weighted by molar-refractivity contribution is 0.0669. The molecule has 2 aromatic rings. The van der Waals surface area contributed by atoms with Gasteiger partial charge >= 0.3 is 0 Å². The lowest BCUT2D eigenvalue weighted by Gasteiger charge is -2.29. The summed E-state index contributed by atoms with van der Waals surface area (Å²) in [5.74, 6) is 0. The normalized spacial score (nSPS) is 22.6. The second-order valence-electron chi connectivity index (χ2n) is 5.41. The van der Waals surface area contributed by atoms with Crippen LogP contribution < -0.4 is 5.32 Å². The van der Waals surface area contributed by atoms with Crippen LogP contribution in [0, 0.1) is 0 Å². The third kappa shape index (κ3) is 3.02. The number of aromatic amines is 1. The van der Waals surface area contributed by atoms with Gasteiger partial charge in [0.15, 0.2) is 0 Å². The topological polar surface area (TPSA) is 49.9 Å². The molecule has 0 aliphatic heterocycles. The monoisotopic (exact) mass is 271 g/mol. The van der Waals surface area contributed by atoms with Gasteiger partial charge in [-0.15, -0.1) is 0 Å². The van der Waals surface area contributed by atoms with Gasteiger partial charge in [0, 0.05) is 25.0 Å². The van der Waals surface area contributed by atoms with Crippen LogP contribution in [0.25, 0.3) is 11.3 Å². The zero-order valence-corrected chi connectivity index (χ0v) is 11.8. The Morgan fingerprint density at radius 2 is 2.05 bits per heavy atom. The number of nitrogens with zero attached hydrogens (tertiary/aromatic N) is 1. The molecule has 0 bridgehead atoms. The van der Waals surface area contributed by atoms with Crippen molar-refractivity contribution in [1.29, 1.82) is 0 Å². The Kier molecular flexibility index (Phi) is 4.02. The number of methoxy groups -OCH3 is 1. The first-order valence-electron chi connectivity index (χ1n) is 7.24. The third-order valence-electron chi connectivity index (χ3n) is 4.03. The molecule has 4 heteroatoms. The fourth-order valence-corrected chi connectivity index (χ4v) is 2.89. The van der Waals surface area contributed by atoms with Crippen LogP contribution in [0.5, 0.6) is 0 Å². The molecule has 1 aromatic heterocycles. The van der Waals surface area contributed by atoms with E-state index in [4.69, 9.17) is 4.74 Å². The van der Waals surface area contributed by atoms with E-state index < -0.39 is 0 Å². The molecule has 0 saturated heterocycles. The maximum absolute atomic E-state index is 5.48. The highest BCUT2D eigenvalue weighted by molar-refractivity contribution is 5.62. The molecule has 1 saturated carbocycles. The van der Waals surface area contributed by atoms with Crippen molar-refractivity contribution in [2.45, 2.75) is 37.8 Å². The number of rotatable bonds is 4. The summed E-state index contributed by atoms with van der Waals surface area (Å²) in [6.45, 7) is 0. The van der Waals surface area contributed by atoms with E-state index in [1.54, 1.807) is 6.20 Å². The average Bonchev–Trinajstić information content (AvgIpc) is 3.02. The van der Waals surface area contributed by atoms with Gasteiger partial charge in [0.05, 0.1) is 11.8 Å². The van der Waals surface area contributed by atoms with E-state index in [1.807, 2.05) is 13.2 Å². The minimum Gasteiger partial charge on any atom is -0.382 e. The molecule has 4 nitrogen and oxygen atoms in total. The Morgan fingerprint density at radius 1 is 1.20 bits per heavy atom. The number of benzene rings is 1. The van der Waals surface area contributed by atoms with E-state index in [2.05, 4.69) is 39.8 Å². The summed E-state index contributed by atoms with van der Waals surface area (Å²) in [6, 6.07) is 11.0. The standard InChI is InChI=1S/C16H21N3O/c1-20-15-4-2-3-14(11-15)18-13-7-5-12(6-8-13)16-9-10-17-19-16/h5-10,14-15,18H,2-4,11H2,1H3,(H,17,19). The van der Waals surface area contributed by atoms with Crippen molar-refractivity contribution in [3.05, 3.63) is 36.5 Å². The van der Waals surface area contributed by atoms with E-state index in [1.165, 1.54) is 24.9 Å². The van der Waals surface area contributed by atoms with Crippen molar-refractivity contribution in [2.24, 2.45) is 0 Å². The fraction of sp³-hybridized carbons (Fsp3) is 0.438. The molecule has 1 heterocycles. The summed E-state index contributed by atoms with van der Waals surface area (Å²) in [4.78, 5) is 0. The molecule has 1 aromatic carbocycles. The summed E-state index contributed by atoms with van der Waals surface area (Å²) in [5, 5.41) is 10.6. The molecular formula is C16H21N3O. The molecule has 3 rings (SSSR count). The van der Waals surface area contributed by atoms with E-state index in [9.17, 15) is 0 Å². The number of hydrogen-bond acceptors (Lipinski definition) is 3. The zero-order chi connectivity index (χ0) is 13.8. The SMILES string of the molecule is COC1CCCC(Nc2ccc(-c3ccn[nH]3)cc2)C1. The molecule has 1 fully saturated rings. The number of nitrogens with one attached hydrogen (secondary N) is 2. The Labute approximate surface area is 119 Å². The first-order chi connectivity index (χ1) is 9.85. The molecule has 2 unspecified atom stereocenters. The van der Waals surface area contributed by atoms with Gasteiger partial charge in [0.2, 0.25) is 0 Å². The lowest BCUT2D eigenvalue weighted by atomic mass is 9.92. The van der Waals surface area contributed by atoms with E-state index in [0.29, 0.717) is 12.1 Å². The minimum absolute atomic E-state index is 0.408. The van der Waals surface area contributed by atoms with Crippen LogP contribution in [0.2, 0.25) is 0 Å². The number of aromatic nitrogens is 2. The third-order valence-corrected chi connectivity index (χ3v) is 4.03. The Bertz CT molecular complexity index is 521. The quantitative estimate of drug-likeness (QED) is 0.895. The van der Waals surface area contributed by atoms with Crippen LogP contribution in [0.4, 0.5) is 5.69 Å². The van der Waals surface area contributed by atoms with Gasteiger partial charge in [-0.2, -0.15) is 5.10 Å². The van der Waals surface area contributed by atoms with Gasteiger partial charge in [-0.25, -0.2) is 0 Å². The summed E-state index contributed by atoms with van der Waals surface area (Å²) in [5.41, 5.74) is 3.38. The van der Waals surface area contributed by atoms with E-state index in [0.717, 1.165) is 17.7 Å². The van der Waals surface area contributed by atoms with Gasteiger partial charge in [-0.3, -0.25) is 5.10 Å². The van der Waals surface area contributed by atoms with Gasteiger partial charge in [0.1, 0.15) is 0 Å². The van der Waals surface area contributed by atoms with Crippen molar-refractivity contribution < 1.29 is 4.74 Å². The second kappa shape index (κ2) is 6.09. The van der Waals surface area contributed by atoms with Gasteiger partial charge in [-0.05, 0) is 49.4 Å². The molecule has 0 radical (unpaired) electrons. The molecule has 1 aliphatic carbocycles. The second-order valence-corrected chi connectivity index (χ2v) is 5.41. The predicted octanol–water partition coefficient (Wildman–Crippen LogP) is 3.45. The first kappa shape index (κ1) is 13.2. The molecule has 20 heavy (non-hydrogen) atoms. The molecule has 2 atom stereocenters. The van der Waals surface area contributed by atoms with Crippen molar-refractivity contribution in [1.82, 2.24) is 10.2 Å². The van der Waals surface area contributed by atoms with E-state index in [-0.39, 0.29) is 0 Å². The Hall–Kier alpha value is -1.81. The van der Waals surface area contributed by atoms with Crippen LogP contribution in [0.1, 0.15) is 25.7 Å². The maximum atomic E-state index is 5.48. The van der Waals surface area contributed by atoms with Crippen LogP contribution in [0.15, 0.2) is 36.5 Å². The van der Waals surface area contributed by atoms with Crippen LogP contribution in [-0.4, -0.2) is 29.5 Å². The van der Waals surface area contributed by atoms with Crippen LogP contribution in [0.3, 0.4) is 0 Å². The van der Waals surface area contributed by atoms with Gasteiger partial charge in [-0.1, -0.05) is 12.1 Å². The predicted molar refractivity (Wildman–Crippen MR) is 80.7 cm³/mol. The number of hydrogen-bond donors (Lipinski definition) is 2. The Balaban J connectivity index is 1.63.